The van der Waals surface area contributed by atoms with Crippen LogP contribution in [0.5, 0.6) is 0 Å². The van der Waals surface area contributed by atoms with Crippen LogP contribution in [0, 0.1) is 34.0 Å². The largest absolute Gasteiger partial charge is 0.464 e. The molecule has 28 heavy (non-hydrogen) atoms. The molecule has 0 amide bonds. The van der Waals surface area contributed by atoms with Crippen LogP contribution in [0.1, 0.15) is 66.2 Å². The van der Waals surface area contributed by atoms with E-state index in [1.165, 1.54) is 0 Å². The smallest absolute Gasteiger partial charge is 0.331 e. The molecule has 3 saturated carbocycles. The van der Waals surface area contributed by atoms with Crippen molar-refractivity contribution in [3.63, 3.8) is 0 Å². The standard InChI is InChI=1S/C22H36O6/c1-5-20(3)10-16(25)21(4)14(12-28-17(26)11-23)6-8-22(13(2)19(20)27)9-7-15(24)18(21)22/h13-14,16,18-19,23,25,27H,5-12H2,1-4H3/t13?,14-,16+,18?,19?,20+,21-,22-/m0/s1. The number of aliphatic hydroxyl groups excluding tert-OH is 3. The van der Waals surface area contributed by atoms with Crippen LogP contribution in [-0.2, 0) is 14.3 Å². The van der Waals surface area contributed by atoms with E-state index in [2.05, 4.69) is 6.92 Å². The molecule has 8 atom stereocenters. The highest BCUT2D eigenvalue weighted by atomic mass is 16.5. The topological polar surface area (TPSA) is 104 Å². The first-order chi connectivity index (χ1) is 13.1. The molecule has 3 unspecified atom stereocenters. The Kier molecular flexibility index (Phi) is 5.72. The third-order valence-electron chi connectivity index (χ3n) is 9.05. The van der Waals surface area contributed by atoms with Crippen molar-refractivity contribution < 1.29 is 29.6 Å². The molecule has 0 heterocycles. The minimum absolute atomic E-state index is 0.0401. The summed E-state index contributed by atoms with van der Waals surface area (Å²) < 4.78 is 5.25. The Hall–Kier alpha value is -0.980. The van der Waals surface area contributed by atoms with E-state index in [1.807, 2.05) is 20.8 Å². The second kappa shape index (κ2) is 7.37. The fraction of sp³-hybridized carbons (Fsp3) is 0.909. The van der Waals surface area contributed by atoms with Crippen LogP contribution in [0.3, 0.4) is 0 Å². The average Bonchev–Trinajstić information content (AvgIpc) is 3.03. The Morgan fingerprint density at radius 3 is 2.54 bits per heavy atom. The summed E-state index contributed by atoms with van der Waals surface area (Å²) in [5.41, 5.74) is -1.47. The number of Topliss-reactive ketones (excluding diaryl/α,β-unsaturated/α-hetero) is 1. The van der Waals surface area contributed by atoms with E-state index in [4.69, 9.17) is 9.84 Å². The van der Waals surface area contributed by atoms with Crippen molar-refractivity contribution >= 4 is 11.8 Å². The SMILES string of the molecule is CC[C@]1(C)C[C@@H](O)[C@@]2(C)C3C(=O)CC[C@@]3(CC[C@H]2COC(=O)CO)C(C)C1O. The van der Waals surface area contributed by atoms with E-state index in [0.717, 1.165) is 25.7 Å². The molecular formula is C22H36O6. The normalized spacial score (nSPS) is 48.5. The number of rotatable bonds is 4. The third kappa shape index (κ3) is 2.94. The molecule has 0 aromatic carbocycles. The van der Waals surface area contributed by atoms with Gasteiger partial charge in [-0.05, 0) is 48.9 Å². The monoisotopic (exact) mass is 396 g/mol. The molecule has 6 nitrogen and oxygen atoms in total. The molecule has 0 aromatic rings. The second-order valence-corrected chi connectivity index (χ2v) is 10.0. The number of hydrogen-bond acceptors (Lipinski definition) is 6. The minimum Gasteiger partial charge on any atom is -0.464 e. The molecule has 0 saturated heterocycles. The molecule has 3 N–H and O–H groups in total. The van der Waals surface area contributed by atoms with Crippen molar-refractivity contribution in [2.24, 2.45) is 34.0 Å². The Balaban J connectivity index is 2.08. The summed E-state index contributed by atoms with van der Waals surface area (Å²) >= 11 is 0. The molecule has 3 rings (SSSR count). The molecule has 0 aromatic heterocycles. The third-order valence-corrected chi connectivity index (χ3v) is 9.05. The van der Waals surface area contributed by atoms with E-state index in [-0.39, 0.29) is 35.6 Å². The number of hydrogen-bond donors (Lipinski definition) is 3. The van der Waals surface area contributed by atoms with Crippen molar-refractivity contribution in [3.05, 3.63) is 0 Å². The predicted molar refractivity (Wildman–Crippen MR) is 103 cm³/mol. The lowest BCUT2D eigenvalue weighted by Crippen LogP contribution is -2.63. The van der Waals surface area contributed by atoms with E-state index in [1.54, 1.807) is 0 Å². The minimum atomic E-state index is -0.774. The van der Waals surface area contributed by atoms with E-state index >= 15 is 0 Å². The van der Waals surface area contributed by atoms with Gasteiger partial charge in [-0.3, -0.25) is 4.79 Å². The number of ether oxygens (including phenoxy) is 1. The summed E-state index contributed by atoms with van der Waals surface area (Å²) in [6, 6.07) is 0. The Bertz CT molecular complexity index is 635. The zero-order chi connectivity index (χ0) is 20.9. The van der Waals surface area contributed by atoms with Gasteiger partial charge in [0.2, 0.25) is 0 Å². The number of ketones is 1. The summed E-state index contributed by atoms with van der Waals surface area (Å²) in [7, 11) is 0. The summed E-state index contributed by atoms with van der Waals surface area (Å²) in [4.78, 5) is 24.7. The van der Waals surface area contributed by atoms with Crippen molar-refractivity contribution in [2.45, 2.75) is 78.4 Å². The summed E-state index contributed by atoms with van der Waals surface area (Å²) in [5.74, 6) is -1.05. The number of carbonyl (C=O) groups is 2. The van der Waals surface area contributed by atoms with Gasteiger partial charge in [-0.15, -0.1) is 0 Å². The quantitative estimate of drug-likeness (QED) is 0.629. The first-order valence-corrected chi connectivity index (χ1v) is 10.7. The first-order valence-electron chi connectivity index (χ1n) is 10.7. The molecule has 3 aliphatic carbocycles. The van der Waals surface area contributed by atoms with E-state index in [9.17, 15) is 19.8 Å². The highest BCUT2D eigenvalue weighted by molar-refractivity contribution is 5.85. The fourth-order valence-electron chi connectivity index (χ4n) is 6.93. The molecular weight excluding hydrogens is 360 g/mol. The lowest BCUT2D eigenvalue weighted by molar-refractivity contribution is -0.207. The van der Waals surface area contributed by atoms with Gasteiger partial charge in [-0.25, -0.2) is 4.79 Å². The Morgan fingerprint density at radius 2 is 1.93 bits per heavy atom. The molecule has 6 heteroatoms. The molecule has 3 aliphatic rings. The van der Waals surface area contributed by atoms with Crippen LogP contribution < -0.4 is 0 Å². The van der Waals surface area contributed by atoms with Gasteiger partial charge in [-0.2, -0.15) is 0 Å². The van der Waals surface area contributed by atoms with Crippen LogP contribution in [0.4, 0.5) is 0 Å². The maximum atomic E-state index is 13.1. The van der Waals surface area contributed by atoms with Gasteiger partial charge >= 0.3 is 5.97 Å². The number of aliphatic hydroxyl groups is 3. The maximum absolute atomic E-state index is 13.1. The van der Waals surface area contributed by atoms with Gasteiger partial charge in [-0.1, -0.05) is 27.7 Å². The highest BCUT2D eigenvalue weighted by Crippen LogP contribution is 2.67. The number of carbonyl (C=O) groups excluding carboxylic acids is 2. The maximum Gasteiger partial charge on any atom is 0.331 e. The van der Waals surface area contributed by atoms with Crippen molar-refractivity contribution in [1.82, 2.24) is 0 Å². The lowest BCUT2D eigenvalue weighted by Gasteiger charge is -2.62. The first kappa shape index (κ1) is 21.7. The van der Waals surface area contributed by atoms with Crippen molar-refractivity contribution in [2.75, 3.05) is 13.2 Å². The average molecular weight is 397 g/mol. The zero-order valence-corrected chi connectivity index (χ0v) is 17.6. The van der Waals surface area contributed by atoms with E-state index < -0.39 is 35.6 Å². The van der Waals surface area contributed by atoms with Gasteiger partial charge in [0.05, 0.1) is 18.8 Å². The van der Waals surface area contributed by atoms with Crippen LogP contribution >= 0.6 is 0 Å². The Labute approximate surface area is 167 Å². The van der Waals surface area contributed by atoms with Gasteiger partial charge in [0.25, 0.3) is 0 Å². The fourth-order valence-corrected chi connectivity index (χ4v) is 6.93. The zero-order valence-electron chi connectivity index (χ0n) is 17.6. The summed E-state index contributed by atoms with van der Waals surface area (Å²) in [5, 5.41) is 31.7. The molecule has 0 spiro atoms. The van der Waals surface area contributed by atoms with Crippen LogP contribution in [-0.4, -0.2) is 52.5 Å². The molecule has 3 fully saturated rings. The van der Waals surface area contributed by atoms with Crippen LogP contribution in [0.15, 0.2) is 0 Å². The van der Waals surface area contributed by atoms with Gasteiger partial charge in [0.15, 0.2) is 0 Å². The van der Waals surface area contributed by atoms with E-state index in [0.29, 0.717) is 12.8 Å². The number of esters is 1. The Morgan fingerprint density at radius 1 is 1.25 bits per heavy atom. The molecule has 0 aliphatic heterocycles. The van der Waals surface area contributed by atoms with Crippen LogP contribution in [0.2, 0.25) is 0 Å². The molecule has 160 valence electrons. The van der Waals surface area contributed by atoms with Crippen molar-refractivity contribution in [3.8, 4) is 0 Å². The lowest BCUT2D eigenvalue weighted by atomic mass is 9.43. The van der Waals surface area contributed by atoms with Gasteiger partial charge in [0.1, 0.15) is 12.4 Å². The van der Waals surface area contributed by atoms with Crippen LogP contribution in [0.25, 0.3) is 0 Å². The predicted octanol–water partition coefficient (Wildman–Crippen LogP) is 2.08. The van der Waals surface area contributed by atoms with Crippen molar-refractivity contribution in [1.29, 1.82) is 0 Å². The summed E-state index contributed by atoms with van der Waals surface area (Å²) in [6.07, 6.45) is 2.55. The highest BCUT2D eigenvalue weighted by Gasteiger charge is 2.68. The van der Waals surface area contributed by atoms with Gasteiger partial charge in [0, 0.05) is 23.7 Å². The second-order valence-electron chi connectivity index (χ2n) is 10.0. The molecule has 0 radical (unpaired) electrons. The van der Waals surface area contributed by atoms with Gasteiger partial charge < -0.3 is 20.1 Å². The molecule has 2 bridgehead atoms. The summed E-state index contributed by atoms with van der Waals surface area (Å²) in [6.45, 7) is 7.57.